The molecule has 0 radical (unpaired) electrons. The van der Waals surface area contributed by atoms with Gasteiger partial charge in [-0.05, 0) is 18.8 Å². The molecular weight excluding hydrogens is 258 g/mol. The van der Waals surface area contributed by atoms with Gasteiger partial charge in [0.05, 0.1) is 24.2 Å². The van der Waals surface area contributed by atoms with E-state index in [1.807, 2.05) is 0 Å². The molecule has 0 bridgehead atoms. The van der Waals surface area contributed by atoms with Gasteiger partial charge in [0.15, 0.2) is 0 Å². The SMILES string of the molecule is CCCCC1(C(=O)O[C@H]2CO[C@H]3C2NC[C@H]3O)CC1C. The number of aliphatic hydroxyl groups is 1. The molecule has 6 atom stereocenters. The lowest BCUT2D eigenvalue weighted by Crippen LogP contribution is -2.41. The highest BCUT2D eigenvalue weighted by Gasteiger charge is 2.59. The Hall–Kier alpha value is -0.650. The molecule has 3 fully saturated rings. The summed E-state index contributed by atoms with van der Waals surface area (Å²) in [4.78, 5) is 12.5. The topological polar surface area (TPSA) is 67.8 Å². The van der Waals surface area contributed by atoms with Crippen molar-refractivity contribution in [2.75, 3.05) is 13.2 Å². The lowest BCUT2D eigenvalue weighted by molar-refractivity contribution is -0.157. The molecule has 2 saturated heterocycles. The molecule has 0 spiro atoms. The van der Waals surface area contributed by atoms with Crippen LogP contribution < -0.4 is 5.32 Å². The number of rotatable bonds is 5. The first-order chi connectivity index (χ1) is 9.58. The van der Waals surface area contributed by atoms with Crippen molar-refractivity contribution in [1.29, 1.82) is 0 Å². The molecule has 3 aliphatic rings. The molecule has 5 heteroatoms. The van der Waals surface area contributed by atoms with E-state index in [-0.39, 0.29) is 29.6 Å². The van der Waals surface area contributed by atoms with Crippen molar-refractivity contribution < 1.29 is 19.4 Å². The fraction of sp³-hybridized carbons (Fsp3) is 0.933. The third-order valence-electron chi connectivity index (χ3n) is 5.24. The normalized spacial score (nSPS) is 46.2. The van der Waals surface area contributed by atoms with E-state index in [1.54, 1.807) is 0 Å². The average molecular weight is 283 g/mol. The van der Waals surface area contributed by atoms with Crippen LogP contribution >= 0.6 is 0 Å². The van der Waals surface area contributed by atoms with Crippen LogP contribution in [0.3, 0.4) is 0 Å². The minimum absolute atomic E-state index is 0.0498. The summed E-state index contributed by atoms with van der Waals surface area (Å²) in [5, 5.41) is 13.0. The molecule has 2 heterocycles. The second-order valence-corrected chi connectivity index (χ2v) is 6.61. The molecule has 1 aliphatic carbocycles. The molecule has 0 aromatic heterocycles. The van der Waals surface area contributed by atoms with Gasteiger partial charge in [0.1, 0.15) is 12.2 Å². The van der Waals surface area contributed by atoms with Crippen LogP contribution in [-0.2, 0) is 14.3 Å². The quantitative estimate of drug-likeness (QED) is 0.732. The van der Waals surface area contributed by atoms with Crippen LogP contribution in [0.2, 0.25) is 0 Å². The number of nitrogens with one attached hydrogen (secondary N) is 1. The molecule has 3 unspecified atom stereocenters. The molecule has 0 aromatic carbocycles. The van der Waals surface area contributed by atoms with E-state index in [4.69, 9.17) is 9.47 Å². The summed E-state index contributed by atoms with van der Waals surface area (Å²) in [5.74, 6) is 0.373. The van der Waals surface area contributed by atoms with Gasteiger partial charge in [-0.1, -0.05) is 26.7 Å². The van der Waals surface area contributed by atoms with Crippen molar-refractivity contribution in [1.82, 2.24) is 5.32 Å². The molecule has 0 amide bonds. The highest BCUT2D eigenvalue weighted by atomic mass is 16.6. The first-order valence-electron chi connectivity index (χ1n) is 7.82. The Bertz CT molecular complexity index is 388. The highest BCUT2D eigenvalue weighted by molar-refractivity contribution is 5.80. The number of fused-ring (bicyclic) bond motifs is 1. The van der Waals surface area contributed by atoms with Crippen molar-refractivity contribution in [3.05, 3.63) is 0 Å². The van der Waals surface area contributed by atoms with Crippen molar-refractivity contribution in [3.8, 4) is 0 Å². The summed E-state index contributed by atoms with van der Waals surface area (Å²) in [6, 6.07) is -0.0498. The van der Waals surface area contributed by atoms with Crippen molar-refractivity contribution in [2.24, 2.45) is 11.3 Å². The van der Waals surface area contributed by atoms with Crippen LogP contribution in [0.25, 0.3) is 0 Å². The minimum atomic E-state index is -0.488. The number of carbonyl (C=O) groups excluding carboxylic acids is 1. The highest BCUT2D eigenvalue weighted by Crippen LogP contribution is 2.57. The molecule has 20 heavy (non-hydrogen) atoms. The maximum Gasteiger partial charge on any atom is 0.312 e. The number of esters is 1. The number of β-amino-alcohol motifs (C(OH)–C–C–N with tert-alkyl or cyclic N) is 1. The van der Waals surface area contributed by atoms with Gasteiger partial charge in [-0.25, -0.2) is 0 Å². The van der Waals surface area contributed by atoms with Crippen molar-refractivity contribution in [2.45, 2.75) is 63.9 Å². The number of hydrogen-bond donors (Lipinski definition) is 2. The number of ether oxygens (including phenoxy) is 2. The van der Waals surface area contributed by atoms with E-state index in [9.17, 15) is 9.90 Å². The second-order valence-electron chi connectivity index (χ2n) is 6.61. The predicted molar refractivity (Wildman–Crippen MR) is 73.2 cm³/mol. The van der Waals surface area contributed by atoms with Gasteiger partial charge in [0.25, 0.3) is 0 Å². The third-order valence-corrected chi connectivity index (χ3v) is 5.24. The van der Waals surface area contributed by atoms with Gasteiger partial charge in [-0.3, -0.25) is 4.79 Å². The van der Waals surface area contributed by atoms with Gasteiger partial charge < -0.3 is 19.9 Å². The number of aliphatic hydroxyl groups excluding tert-OH is 1. The fourth-order valence-electron chi connectivity index (χ4n) is 3.67. The molecule has 2 aliphatic heterocycles. The van der Waals surface area contributed by atoms with Gasteiger partial charge >= 0.3 is 5.97 Å². The molecule has 3 rings (SSSR count). The largest absolute Gasteiger partial charge is 0.458 e. The lowest BCUT2D eigenvalue weighted by Gasteiger charge is -2.22. The molecule has 0 aromatic rings. The van der Waals surface area contributed by atoms with E-state index < -0.39 is 6.10 Å². The average Bonchev–Trinajstić information content (AvgIpc) is 2.77. The van der Waals surface area contributed by atoms with E-state index in [0.29, 0.717) is 19.1 Å². The summed E-state index contributed by atoms with van der Waals surface area (Å²) in [6.07, 6.45) is 3.09. The van der Waals surface area contributed by atoms with Gasteiger partial charge in [0.2, 0.25) is 0 Å². The zero-order valence-electron chi connectivity index (χ0n) is 12.3. The third kappa shape index (κ3) is 2.26. The maximum absolute atomic E-state index is 12.5. The minimum Gasteiger partial charge on any atom is -0.458 e. The summed E-state index contributed by atoms with van der Waals surface area (Å²) in [6.45, 7) is 5.18. The molecule has 1 saturated carbocycles. The summed E-state index contributed by atoms with van der Waals surface area (Å²) in [5.41, 5.74) is -0.245. The zero-order valence-corrected chi connectivity index (χ0v) is 12.3. The molecule has 114 valence electrons. The molecule has 5 nitrogen and oxygen atoms in total. The summed E-state index contributed by atoms with van der Waals surface area (Å²) in [7, 11) is 0. The summed E-state index contributed by atoms with van der Waals surface area (Å²) >= 11 is 0. The first kappa shape index (κ1) is 14.3. The Kier molecular flexibility index (Phi) is 3.77. The summed E-state index contributed by atoms with van der Waals surface area (Å²) < 4.78 is 11.3. The maximum atomic E-state index is 12.5. The molecule has 2 N–H and O–H groups in total. The zero-order chi connectivity index (χ0) is 14.3. The fourth-order valence-corrected chi connectivity index (χ4v) is 3.67. The number of unbranched alkanes of at least 4 members (excludes halogenated alkanes) is 1. The van der Waals surface area contributed by atoms with E-state index >= 15 is 0 Å². The Morgan fingerprint density at radius 2 is 2.30 bits per heavy atom. The van der Waals surface area contributed by atoms with E-state index in [2.05, 4.69) is 19.2 Å². The monoisotopic (exact) mass is 283 g/mol. The van der Waals surface area contributed by atoms with Crippen molar-refractivity contribution >= 4 is 5.97 Å². The van der Waals surface area contributed by atoms with Gasteiger partial charge in [-0.15, -0.1) is 0 Å². The lowest BCUT2D eigenvalue weighted by atomic mass is 9.96. The van der Waals surface area contributed by atoms with Crippen LogP contribution in [0.1, 0.15) is 39.5 Å². The second kappa shape index (κ2) is 5.28. The number of hydrogen-bond acceptors (Lipinski definition) is 5. The van der Waals surface area contributed by atoms with Crippen LogP contribution in [0.4, 0.5) is 0 Å². The van der Waals surface area contributed by atoms with Crippen LogP contribution in [0.5, 0.6) is 0 Å². The Morgan fingerprint density at radius 1 is 1.55 bits per heavy atom. The Balaban J connectivity index is 1.59. The van der Waals surface area contributed by atoms with Crippen LogP contribution in [-0.4, -0.2) is 48.6 Å². The van der Waals surface area contributed by atoms with Crippen molar-refractivity contribution in [3.63, 3.8) is 0 Å². The number of carbonyl (C=O) groups is 1. The smallest absolute Gasteiger partial charge is 0.312 e. The van der Waals surface area contributed by atoms with Gasteiger partial charge in [0, 0.05) is 6.54 Å². The predicted octanol–water partition coefficient (Wildman–Crippen LogP) is 0.846. The van der Waals surface area contributed by atoms with Crippen LogP contribution in [0.15, 0.2) is 0 Å². The standard InChI is InChI=1S/C15H25NO4/c1-3-4-5-15(6-9(15)2)14(18)20-11-8-19-13-10(17)7-16-12(11)13/h9-13,16-17H,3-8H2,1-2H3/t9?,10-,11+,12?,13-,15?/m1/s1. The van der Waals surface area contributed by atoms with Crippen LogP contribution in [0, 0.1) is 11.3 Å². The van der Waals surface area contributed by atoms with E-state index in [0.717, 1.165) is 25.7 Å². The van der Waals surface area contributed by atoms with Gasteiger partial charge in [-0.2, -0.15) is 0 Å². The first-order valence-corrected chi connectivity index (χ1v) is 7.82. The van der Waals surface area contributed by atoms with E-state index in [1.165, 1.54) is 0 Å². The molecular formula is C15H25NO4. The Morgan fingerprint density at radius 3 is 2.95 bits per heavy atom. The Labute approximate surface area is 120 Å².